The van der Waals surface area contributed by atoms with Gasteiger partial charge in [-0.3, -0.25) is 4.90 Å². The van der Waals surface area contributed by atoms with Crippen molar-refractivity contribution in [3.63, 3.8) is 0 Å². The molecule has 0 aromatic carbocycles. The highest BCUT2D eigenvalue weighted by atomic mass is 15.2. The Hall–Kier alpha value is -1.00. The van der Waals surface area contributed by atoms with Crippen molar-refractivity contribution in [2.24, 2.45) is 0 Å². The second-order valence-electron chi connectivity index (χ2n) is 4.29. The van der Waals surface area contributed by atoms with Crippen LogP contribution in [-0.2, 0) is 6.54 Å². The van der Waals surface area contributed by atoms with Crippen molar-refractivity contribution in [1.82, 2.24) is 20.2 Å². The zero-order chi connectivity index (χ0) is 10.7. The van der Waals surface area contributed by atoms with E-state index in [2.05, 4.69) is 34.0 Å². The lowest BCUT2D eigenvalue weighted by molar-refractivity contribution is 0.137. The third-order valence-corrected chi connectivity index (χ3v) is 2.90. The van der Waals surface area contributed by atoms with Gasteiger partial charge in [-0.1, -0.05) is 0 Å². The van der Waals surface area contributed by atoms with Gasteiger partial charge in [0.05, 0.1) is 5.69 Å². The van der Waals surface area contributed by atoms with Crippen molar-refractivity contribution in [1.29, 1.82) is 0 Å². The van der Waals surface area contributed by atoms with Gasteiger partial charge in [-0.25, -0.2) is 9.97 Å². The fourth-order valence-electron chi connectivity index (χ4n) is 1.94. The Kier molecular flexibility index (Phi) is 3.28. The van der Waals surface area contributed by atoms with Gasteiger partial charge in [-0.2, -0.15) is 0 Å². The maximum absolute atomic E-state index is 4.26. The SMILES string of the molecule is CC1CN(Cc2ccncn2)C(C)CN1. The third-order valence-electron chi connectivity index (χ3n) is 2.90. The van der Waals surface area contributed by atoms with Crippen molar-refractivity contribution in [2.45, 2.75) is 32.5 Å². The number of aromatic nitrogens is 2. The van der Waals surface area contributed by atoms with Gasteiger partial charge in [0, 0.05) is 37.9 Å². The summed E-state index contributed by atoms with van der Waals surface area (Å²) in [5, 5.41) is 3.47. The highest BCUT2D eigenvalue weighted by molar-refractivity contribution is 4.99. The van der Waals surface area contributed by atoms with E-state index in [-0.39, 0.29) is 0 Å². The Morgan fingerprint density at radius 2 is 2.40 bits per heavy atom. The molecule has 0 radical (unpaired) electrons. The Morgan fingerprint density at radius 3 is 3.13 bits per heavy atom. The summed E-state index contributed by atoms with van der Waals surface area (Å²) >= 11 is 0. The van der Waals surface area contributed by atoms with Crippen molar-refractivity contribution in [2.75, 3.05) is 13.1 Å². The molecule has 1 aromatic heterocycles. The number of piperazine rings is 1. The summed E-state index contributed by atoms with van der Waals surface area (Å²) in [7, 11) is 0. The number of nitrogens with zero attached hydrogens (tertiary/aromatic N) is 3. The fourth-order valence-corrected chi connectivity index (χ4v) is 1.94. The summed E-state index contributed by atoms with van der Waals surface area (Å²) in [6.45, 7) is 7.55. The molecule has 0 bridgehead atoms. The van der Waals surface area contributed by atoms with E-state index >= 15 is 0 Å². The quantitative estimate of drug-likeness (QED) is 0.771. The average molecular weight is 206 g/mol. The van der Waals surface area contributed by atoms with Crippen LogP contribution in [0.4, 0.5) is 0 Å². The maximum Gasteiger partial charge on any atom is 0.115 e. The lowest BCUT2D eigenvalue weighted by Crippen LogP contribution is -2.53. The van der Waals surface area contributed by atoms with Gasteiger partial charge in [0.15, 0.2) is 0 Å². The molecule has 1 aliphatic heterocycles. The number of hydrogen-bond acceptors (Lipinski definition) is 4. The lowest BCUT2D eigenvalue weighted by Gasteiger charge is -2.37. The molecule has 1 aromatic rings. The molecule has 15 heavy (non-hydrogen) atoms. The molecule has 4 nitrogen and oxygen atoms in total. The molecular weight excluding hydrogens is 188 g/mol. The van der Waals surface area contributed by atoms with Crippen LogP contribution in [0, 0.1) is 0 Å². The van der Waals surface area contributed by atoms with Crippen LogP contribution in [0.15, 0.2) is 18.6 Å². The second kappa shape index (κ2) is 4.68. The van der Waals surface area contributed by atoms with Gasteiger partial charge in [-0.05, 0) is 19.9 Å². The van der Waals surface area contributed by atoms with Gasteiger partial charge >= 0.3 is 0 Å². The number of hydrogen-bond donors (Lipinski definition) is 1. The van der Waals surface area contributed by atoms with E-state index in [0.717, 1.165) is 25.3 Å². The summed E-state index contributed by atoms with van der Waals surface area (Å²) in [5.74, 6) is 0. The molecule has 4 heteroatoms. The second-order valence-corrected chi connectivity index (χ2v) is 4.29. The predicted molar refractivity (Wildman–Crippen MR) is 59.4 cm³/mol. The van der Waals surface area contributed by atoms with Crippen LogP contribution in [0.2, 0.25) is 0 Å². The molecule has 1 aliphatic rings. The first kappa shape index (κ1) is 10.5. The van der Waals surface area contributed by atoms with Gasteiger partial charge in [0.1, 0.15) is 6.33 Å². The topological polar surface area (TPSA) is 41.1 Å². The van der Waals surface area contributed by atoms with Crippen molar-refractivity contribution in [3.8, 4) is 0 Å². The average Bonchev–Trinajstić information content (AvgIpc) is 2.25. The molecule has 1 fully saturated rings. The summed E-state index contributed by atoms with van der Waals surface area (Å²) in [4.78, 5) is 10.7. The largest absolute Gasteiger partial charge is 0.311 e. The highest BCUT2D eigenvalue weighted by Gasteiger charge is 2.22. The van der Waals surface area contributed by atoms with Crippen LogP contribution in [0.25, 0.3) is 0 Å². The third kappa shape index (κ3) is 2.73. The molecule has 1 N–H and O–H groups in total. The smallest absolute Gasteiger partial charge is 0.115 e. The minimum absolute atomic E-state index is 0.572. The van der Waals surface area contributed by atoms with E-state index in [9.17, 15) is 0 Å². The highest BCUT2D eigenvalue weighted by Crippen LogP contribution is 2.10. The molecule has 2 heterocycles. The molecule has 0 spiro atoms. The Balaban J connectivity index is 1.98. The minimum atomic E-state index is 0.572. The van der Waals surface area contributed by atoms with E-state index < -0.39 is 0 Å². The molecule has 2 atom stereocenters. The zero-order valence-corrected chi connectivity index (χ0v) is 9.35. The van der Waals surface area contributed by atoms with E-state index in [1.54, 1.807) is 12.5 Å². The summed E-state index contributed by atoms with van der Waals surface area (Å²) in [6.07, 6.45) is 3.42. The van der Waals surface area contributed by atoms with E-state index in [1.807, 2.05) is 6.07 Å². The molecule has 2 rings (SSSR count). The van der Waals surface area contributed by atoms with Gasteiger partial charge in [-0.15, -0.1) is 0 Å². The zero-order valence-electron chi connectivity index (χ0n) is 9.35. The van der Waals surface area contributed by atoms with Crippen molar-refractivity contribution < 1.29 is 0 Å². The van der Waals surface area contributed by atoms with Crippen molar-refractivity contribution in [3.05, 3.63) is 24.3 Å². The summed E-state index contributed by atoms with van der Waals surface area (Å²) in [6, 6.07) is 3.14. The first-order chi connectivity index (χ1) is 7.25. The Morgan fingerprint density at radius 1 is 1.53 bits per heavy atom. The van der Waals surface area contributed by atoms with E-state index in [0.29, 0.717) is 12.1 Å². The van der Waals surface area contributed by atoms with Crippen molar-refractivity contribution >= 4 is 0 Å². The molecule has 2 unspecified atom stereocenters. The molecule has 0 saturated carbocycles. The summed E-state index contributed by atoms with van der Waals surface area (Å²) < 4.78 is 0. The lowest BCUT2D eigenvalue weighted by atomic mass is 10.1. The van der Waals surface area contributed by atoms with E-state index in [4.69, 9.17) is 0 Å². The maximum atomic E-state index is 4.26. The monoisotopic (exact) mass is 206 g/mol. The number of rotatable bonds is 2. The fraction of sp³-hybridized carbons (Fsp3) is 0.636. The van der Waals surface area contributed by atoms with Crippen LogP contribution in [0.5, 0.6) is 0 Å². The molecule has 1 saturated heterocycles. The van der Waals surface area contributed by atoms with Crippen LogP contribution in [0.3, 0.4) is 0 Å². The van der Waals surface area contributed by atoms with Gasteiger partial charge in [0.2, 0.25) is 0 Å². The van der Waals surface area contributed by atoms with Crippen LogP contribution in [-0.4, -0.2) is 40.0 Å². The van der Waals surface area contributed by atoms with Gasteiger partial charge < -0.3 is 5.32 Å². The van der Waals surface area contributed by atoms with E-state index in [1.165, 1.54) is 0 Å². The number of nitrogens with one attached hydrogen (secondary N) is 1. The first-order valence-electron chi connectivity index (χ1n) is 5.48. The van der Waals surface area contributed by atoms with Crippen LogP contribution < -0.4 is 5.32 Å². The normalized spacial score (nSPS) is 27.9. The standard InChI is InChI=1S/C11H18N4/c1-9-6-15(10(2)5-13-9)7-11-3-4-12-8-14-11/h3-4,8-10,13H,5-7H2,1-2H3. The minimum Gasteiger partial charge on any atom is -0.311 e. The molecular formula is C11H18N4. The van der Waals surface area contributed by atoms with Gasteiger partial charge in [0.25, 0.3) is 0 Å². The predicted octanol–water partition coefficient (Wildman–Crippen LogP) is 0.659. The van der Waals surface area contributed by atoms with Crippen LogP contribution in [0.1, 0.15) is 19.5 Å². The Labute approximate surface area is 90.7 Å². The van der Waals surface area contributed by atoms with Crippen LogP contribution >= 0.6 is 0 Å². The summed E-state index contributed by atoms with van der Waals surface area (Å²) in [5.41, 5.74) is 1.10. The first-order valence-corrected chi connectivity index (χ1v) is 5.48. The Bertz CT molecular complexity index is 301. The molecule has 0 amide bonds. The molecule has 82 valence electrons. The molecule has 0 aliphatic carbocycles.